The summed E-state index contributed by atoms with van der Waals surface area (Å²) in [5.74, 6) is -1.17. The average Bonchev–Trinajstić information content (AvgIpc) is 2.63. The van der Waals surface area contributed by atoms with Crippen molar-refractivity contribution >= 4 is 5.91 Å². The Morgan fingerprint density at radius 3 is 2.62 bits per heavy atom. The van der Waals surface area contributed by atoms with Gasteiger partial charge in [0.05, 0.1) is 0 Å². The predicted molar refractivity (Wildman–Crippen MR) is 54.6 cm³/mol. The highest BCUT2D eigenvalue weighted by atomic mass is 19.1. The molecular formula is C11H12F2N2O. The molecule has 1 saturated heterocycles. The maximum atomic E-state index is 13.2. The molecule has 1 heterocycles. The summed E-state index contributed by atoms with van der Waals surface area (Å²) < 4.78 is 26.5. The lowest BCUT2D eigenvalue weighted by atomic mass is 10.1. The molecule has 1 amide bonds. The summed E-state index contributed by atoms with van der Waals surface area (Å²) in [6, 6.07) is 3.72. The Hall–Kier alpha value is -1.49. The van der Waals surface area contributed by atoms with Crippen molar-refractivity contribution < 1.29 is 13.6 Å². The van der Waals surface area contributed by atoms with Gasteiger partial charge >= 0.3 is 0 Å². The van der Waals surface area contributed by atoms with Gasteiger partial charge in [-0.05, 0) is 12.1 Å². The molecule has 3 nitrogen and oxygen atoms in total. The first kappa shape index (κ1) is 11.0. The SMILES string of the molecule is O=C1CC(NCc2c(F)cccc2F)CN1. The number of amides is 1. The molecule has 0 bridgehead atoms. The van der Waals surface area contributed by atoms with Gasteiger partial charge in [0.2, 0.25) is 5.91 Å². The molecule has 2 rings (SSSR count). The second kappa shape index (κ2) is 4.57. The molecule has 0 spiro atoms. The van der Waals surface area contributed by atoms with Crippen molar-refractivity contribution in [2.45, 2.75) is 19.0 Å². The fourth-order valence-electron chi connectivity index (χ4n) is 1.70. The minimum atomic E-state index is -0.565. The standard InChI is InChI=1S/C11H12F2N2O/c12-9-2-1-3-10(13)8(9)6-14-7-4-11(16)15-5-7/h1-3,7,14H,4-6H2,(H,15,16). The third-order valence-corrected chi connectivity index (χ3v) is 2.61. The number of rotatable bonds is 3. The summed E-state index contributed by atoms with van der Waals surface area (Å²) in [7, 11) is 0. The molecule has 5 heteroatoms. The summed E-state index contributed by atoms with van der Waals surface area (Å²) in [5.41, 5.74) is 0.0156. The summed E-state index contributed by atoms with van der Waals surface area (Å²) in [4.78, 5) is 10.9. The van der Waals surface area contributed by atoms with Crippen molar-refractivity contribution in [3.8, 4) is 0 Å². The highest BCUT2D eigenvalue weighted by Gasteiger charge is 2.21. The molecule has 2 N–H and O–H groups in total. The molecule has 1 aliphatic heterocycles. The van der Waals surface area contributed by atoms with Gasteiger partial charge < -0.3 is 10.6 Å². The van der Waals surface area contributed by atoms with E-state index < -0.39 is 11.6 Å². The van der Waals surface area contributed by atoms with E-state index in [2.05, 4.69) is 10.6 Å². The number of nitrogens with one attached hydrogen (secondary N) is 2. The van der Waals surface area contributed by atoms with Gasteiger partial charge in [-0.25, -0.2) is 8.78 Å². The Balaban J connectivity index is 1.97. The van der Waals surface area contributed by atoms with Crippen LogP contribution in [0.15, 0.2) is 18.2 Å². The van der Waals surface area contributed by atoms with Gasteiger partial charge in [0, 0.05) is 31.1 Å². The minimum absolute atomic E-state index is 0.0156. The van der Waals surface area contributed by atoms with Crippen LogP contribution in [-0.4, -0.2) is 18.5 Å². The van der Waals surface area contributed by atoms with Gasteiger partial charge in [-0.1, -0.05) is 6.07 Å². The van der Waals surface area contributed by atoms with Crippen LogP contribution in [0.5, 0.6) is 0 Å². The second-order valence-corrected chi connectivity index (χ2v) is 3.79. The quantitative estimate of drug-likeness (QED) is 0.805. The number of carbonyl (C=O) groups is 1. The van der Waals surface area contributed by atoms with E-state index in [1.807, 2.05) is 0 Å². The smallest absolute Gasteiger partial charge is 0.221 e. The van der Waals surface area contributed by atoms with Crippen LogP contribution in [0.1, 0.15) is 12.0 Å². The van der Waals surface area contributed by atoms with Crippen molar-refractivity contribution in [2.75, 3.05) is 6.54 Å². The predicted octanol–water partition coefficient (Wildman–Crippen LogP) is 0.943. The Labute approximate surface area is 91.8 Å². The van der Waals surface area contributed by atoms with Crippen LogP contribution in [0.4, 0.5) is 8.78 Å². The zero-order chi connectivity index (χ0) is 11.5. The Morgan fingerprint density at radius 1 is 1.38 bits per heavy atom. The number of halogens is 2. The second-order valence-electron chi connectivity index (χ2n) is 3.79. The lowest BCUT2D eigenvalue weighted by Crippen LogP contribution is -2.31. The number of carbonyl (C=O) groups excluding carboxylic acids is 1. The van der Waals surface area contributed by atoms with Crippen molar-refractivity contribution in [3.63, 3.8) is 0 Å². The van der Waals surface area contributed by atoms with Crippen molar-refractivity contribution in [3.05, 3.63) is 35.4 Å². The molecular weight excluding hydrogens is 214 g/mol. The third-order valence-electron chi connectivity index (χ3n) is 2.61. The van der Waals surface area contributed by atoms with Crippen LogP contribution < -0.4 is 10.6 Å². The molecule has 0 aromatic heterocycles. The molecule has 1 atom stereocenters. The van der Waals surface area contributed by atoms with Crippen molar-refractivity contribution in [1.29, 1.82) is 0 Å². The van der Waals surface area contributed by atoms with Crippen LogP contribution in [0.25, 0.3) is 0 Å². The van der Waals surface area contributed by atoms with Gasteiger partial charge in [-0.15, -0.1) is 0 Å². The first-order valence-corrected chi connectivity index (χ1v) is 5.10. The highest BCUT2D eigenvalue weighted by Crippen LogP contribution is 2.12. The van der Waals surface area contributed by atoms with Gasteiger partial charge in [0.1, 0.15) is 11.6 Å². The highest BCUT2D eigenvalue weighted by molar-refractivity contribution is 5.78. The minimum Gasteiger partial charge on any atom is -0.354 e. The summed E-state index contributed by atoms with van der Waals surface area (Å²) in [5, 5.41) is 5.59. The van der Waals surface area contributed by atoms with E-state index in [0.717, 1.165) is 0 Å². The maximum Gasteiger partial charge on any atom is 0.221 e. The molecule has 1 aromatic carbocycles. The summed E-state index contributed by atoms with van der Waals surface area (Å²) >= 11 is 0. The van der Waals surface area contributed by atoms with Gasteiger partial charge in [0.25, 0.3) is 0 Å². The largest absolute Gasteiger partial charge is 0.354 e. The van der Waals surface area contributed by atoms with Crippen molar-refractivity contribution in [1.82, 2.24) is 10.6 Å². The Bertz CT molecular complexity index is 389. The van der Waals surface area contributed by atoms with E-state index in [1.54, 1.807) is 0 Å². The molecule has 1 fully saturated rings. The van der Waals surface area contributed by atoms with E-state index in [-0.39, 0.29) is 24.1 Å². The fourth-order valence-corrected chi connectivity index (χ4v) is 1.70. The average molecular weight is 226 g/mol. The number of hydrogen-bond donors (Lipinski definition) is 2. The summed E-state index contributed by atoms with van der Waals surface area (Å²) in [6.07, 6.45) is 0.357. The Kier molecular flexibility index (Phi) is 3.14. The van der Waals surface area contributed by atoms with E-state index in [4.69, 9.17) is 0 Å². The lowest BCUT2D eigenvalue weighted by Gasteiger charge is -2.11. The molecule has 1 aliphatic rings. The number of hydrogen-bond acceptors (Lipinski definition) is 2. The van der Waals surface area contributed by atoms with Gasteiger partial charge in [-0.2, -0.15) is 0 Å². The van der Waals surface area contributed by atoms with E-state index >= 15 is 0 Å². The van der Waals surface area contributed by atoms with Crippen LogP contribution in [0.3, 0.4) is 0 Å². The molecule has 0 saturated carbocycles. The van der Waals surface area contributed by atoms with Gasteiger partial charge in [0.15, 0.2) is 0 Å². The van der Waals surface area contributed by atoms with Crippen molar-refractivity contribution in [2.24, 2.45) is 0 Å². The van der Waals surface area contributed by atoms with Crippen LogP contribution in [0.2, 0.25) is 0 Å². The summed E-state index contributed by atoms with van der Waals surface area (Å²) in [6.45, 7) is 0.604. The first-order chi connectivity index (χ1) is 7.66. The lowest BCUT2D eigenvalue weighted by molar-refractivity contribution is -0.119. The zero-order valence-corrected chi connectivity index (χ0v) is 8.59. The third kappa shape index (κ3) is 2.36. The molecule has 0 aliphatic carbocycles. The fraction of sp³-hybridized carbons (Fsp3) is 0.364. The maximum absolute atomic E-state index is 13.2. The van der Waals surface area contributed by atoms with E-state index in [9.17, 15) is 13.6 Å². The number of benzene rings is 1. The molecule has 1 unspecified atom stereocenters. The molecule has 16 heavy (non-hydrogen) atoms. The molecule has 86 valence electrons. The van der Waals surface area contributed by atoms with E-state index in [1.165, 1.54) is 18.2 Å². The normalized spacial score (nSPS) is 19.9. The van der Waals surface area contributed by atoms with E-state index in [0.29, 0.717) is 13.0 Å². The van der Waals surface area contributed by atoms with Crippen LogP contribution in [0, 0.1) is 11.6 Å². The monoisotopic (exact) mass is 226 g/mol. The van der Waals surface area contributed by atoms with Crippen LogP contribution >= 0.6 is 0 Å². The van der Waals surface area contributed by atoms with Gasteiger partial charge in [-0.3, -0.25) is 4.79 Å². The van der Waals surface area contributed by atoms with Crippen LogP contribution in [-0.2, 0) is 11.3 Å². The first-order valence-electron chi connectivity index (χ1n) is 5.10. The molecule has 1 aromatic rings. The topological polar surface area (TPSA) is 41.1 Å². The Morgan fingerprint density at radius 2 is 2.06 bits per heavy atom. The zero-order valence-electron chi connectivity index (χ0n) is 8.59. The molecule has 0 radical (unpaired) electrons.